The summed E-state index contributed by atoms with van der Waals surface area (Å²) in [5.41, 5.74) is -2.08. The Morgan fingerprint density at radius 3 is 1.57 bits per heavy atom. The lowest BCUT2D eigenvalue weighted by Crippen LogP contribution is -2.35. The largest absolute Gasteiger partial charge is 0.535 e. The van der Waals surface area contributed by atoms with Crippen molar-refractivity contribution in [3.05, 3.63) is 33.8 Å². The lowest BCUT2D eigenvalue weighted by Gasteiger charge is -2.39. The second-order valence-corrected chi connectivity index (χ2v) is 5.82. The van der Waals surface area contributed by atoms with Crippen molar-refractivity contribution in [3.63, 3.8) is 0 Å². The van der Waals surface area contributed by atoms with Gasteiger partial charge in [-0.1, -0.05) is 12.5 Å². The maximum Gasteiger partial charge on any atom is 0.200 e. The van der Waals surface area contributed by atoms with Gasteiger partial charge in [-0.2, -0.15) is 0 Å². The molecule has 0 aliphatic heterocycles. The van der Waals surface area contributed by atoms with Crippen molar-refractivity contribution in [3.8, 4) is 0 Å². The van der Waals surface area contributed by atoms with Crippen LogP contribution < -0.4 is 0 Å². The number of aliphatic hydroxyl groups is 2. The third-order valence-electron chi connectivity index (χ3n) is 2.45. The average molecular weight is 334 g/mol. The van der Waals surface area contributed by atoms with E-state index in [-0.39, 0.29) is 0 Å². The molecule has 120 valence electrons. The Morgan fingerprint density at radius 1 is 0.905 bits per heavy atom. The predicted octanol–water partition coefficient (Wildman–Crippen LogP) is 1.19. The maximum atomic E-state index is 13.4. The van der Waals surface area contributed by atoms with Crippen LogP contribution in [0.15, 0.2) is 4.90 Å². The Morgan fingerprint density at radius 2 is 1.24 bits per heavy atom. The van der Waals surface area contributed by atoms with E-state index in [1.165, 1.54) is 0 Å². The Hall–Kier alpha value is -1.30. The van der Waals surface area contributed by atoms with Crippen molar-refractivity contribution in [1.82, 2.24) is 0 Å². The molecular weight excluding hydrogens is 325 g/mol. The van der Waals surface area contributed by atoms with Crippen molar-refractivity contribution >= 4 is 10.0 Å². The summed E-state index contributed by atoms with van der Waals surface area (Å²) in [7, 11) is -5.36. The predicted molar refractivity (Wildman–Crippen MR) is 59.4 cm³/mol. The van der Waals surface area contributed by atoms with Gasteiger partial charge in [0.15, 0.2) is 23.3 Å². The highest BCUT2D eigenvalue weighted by Gasteiger charge is 2.31. The van der Waals surface area contributed by atoms with Gasteiger partial charge in [-0.3, -0.25) is 0 Å². The minimum atomic E-state index is -5.36. The van der Waals surface area contributed by atoms with Gasteiger partial charge in [-0.05, 0) is 0 Å². The highest BCUT2D eigenvalue weighted by atomic mass is 32.2. The Bertz CT molecular complexity index is 631. The molecule has 2 N–H and O–H groups in total. The molecule has 1 rings (SSSR count). The summed E-state index contributed by atoms with van der Waals surface area (Å²) in [6, 6.07) is 0. The van der Waals surface area contributed by atoms with Crippen molar-refractivity contribution in [1.29, 1.82) is 0 Å². The minimum absolute atomic E-state index is 0.899. The number of hydrogen-bond acceptors (Lipinski definition) is 4. The zero-order valence-electron chi connectivity index (χ0n) is 10.4. The standard InChI is InChI=1S/C10H9F5NO4S/c1-10(2-17,3-18)16-21(19,20)9-7(14)5(12)4(11)6(13)8(9)15/h17-18H,2-3H2,1H3/q-1. The molecule has 0 saturated heterocycles. The number of sulfonamides is 1. The molecule has 0 radical (unpaired) electrons. The number of nitrogens with zero attached hydrogens (tertiary/aromatic N) is 1. The molecular formula is C10H9F5NO4S-. The van der Waals surface area contributed by atoms with E-state index in [0.29, 0.717) is 0 Å². The average Bonchev–Trinajstić information content (AvgIpc) is 2.42. The van der Waals surface area contributed by atoms with Crippen LogP contribution in [0.1, 0.15) is 6.92 Å². The molecule has 0 aliphatic carbocycles. The van der Waals surface area contributed by atoms with E-state index in [1.54, 1.807) is 0 Å². The minimum Gasteiger partial charge on any atom is -0.535 e. The van der Waals surface area contributed by atoms with Gasteiger partial charge in [-0.15, -0.1) is 0 Å². The van der Waals surface area contributed by atoms with E-state index < -0.39 is 62.8 Å². The molecule has 0 aromatic heterocycles. The normalized spacial score (nSPS) is 12.8. The van der Waals surface area contributed by atoms with Gasteiger partial charge < -0.3 is 14.9 Å². The van der Waals surface area contributed by atoms with Crippen molar-refractivity contribution in [2.45, 2.75) is 17.4 Å². The van der Waals surface area contributed by atoms with Crippen molar-refractivity contribution in [2.75, 3.05) is 13.2 Å². The zero-order valence-corrected chi connectivity index (χ0v) is 11.2. The van der Waals surface area contributed by atoms with E-state index in [2.05, 4.69) is 4.72 Å². The summed E-state index contributed by atoms with van der Waals surface area (Å²) in [6.45, 7) is -1.19. The van der Waals surface area contributed by atoms with E-state index in [9.17, 15) is 30.4 Å². The van der Waals surface area contributed by atoms with Gasteiger partial charge in [0.25, 0.3) is 0 Å². The zero-order chi connectivity index (χ0) is 16.6. The fraction of sp³-hybridized carbons (Fsp3) is 0.400. The first-order valence-corrected chi connectivity index (χ1v) is 6.67. The molecule has 0 heterocycles. The monoisotopic (exact) mass is 334 g/mol. The smallest absolute Gasteiger partial charge is 0.200 e. The number of halogens is 5. The summed E-state index contributed by atoms with van der Waals surface area (Å²) >= 11 is 0. The quantitative estimate of drug-likeness (QED) is 0.481. The molecule has 5 nitrogen and oxygen atoms in total. The Kier molecular flexibility index (Phi) is 4.93. The lowest BCUT2D eigenvalue weighted by atomic mass is 10.1. The van der Waals surface area contributed by atoms with Crippen LogP contribution in [0.25, 0.3) is 4.72 Å². The molecule has 0 fully saturated rings. The van der Waals surface area contributed by atoms with Crippen LogP contribution in [0.4, 0.5) is 22.0 Å². The van der Waals surface area contributed by atoms with Gasteiger partial charge in [0, 0.05) is 13.2 Å². The van der Waals surface area contributed by atoms with Crippen LogP contribution in [-0.2, 0) is 10.0 Å². The number of benzene rings is 1. The second-order valence-electron chi connectivity index (χ2n) is 4.28. The first-order chi connectivity index (χ1) is 9.50. The fourth-order valence-electron chi connectivity index (χ4n) is 1.25. The number of rotatable bonds is 5. The Balaban J connectivity index is 3.54. The highest BCUT2D eigenvalue weighted by molar-refractivity contribution is 7.94. The molecule has 11 heteroatoms. The molecule has 0 atom stereocenters. The third kappa shape index (κ3) is 3.15. The summed E-state index contributed by atoms with van der Waals surface area (Å²) < 4.78 is 91.8. The molecule has 1 aromatic rings. The van der Waals surface area contributed by atoms with Crippen LogP contribution >= 0.6 is 0 Å². The van der Waals surface area contributed by atoms with E-state index >= 15 is 0 Å². The van der Waals surface area contributed by atoms with Gasteiger partial charge in [0.1, 0.15) is 14.9 Å². The first kappa shape index (κ1) is 17.8. The molecule has 0 aliphatic rings. The molecule has 0 saturated carbocycles. The Labute approximate surface area is 116 Å². The van der Waals surface area contributed by atoms with Gasteiger partial charge in [-0.25, -0.2) is 30.4 Å². The highest BCUT2D eigenvalue weighted by Crippen LogP contribution is 2.32. The fourth-order valence-corrected chi connectivity index (χ4v) is 2.67. The molecule has 0 unspecified atom stereocenters. The van der Waals surface area contributed by atoms with Crippen LogP contribution in [0.2, 0.25) is 0 Å². The summed E-state index contributed by atoms with van der Waals surface area (Å²) in [4.78, 5) is -2.15. The number of hydrogen-bond donors (Lipinski definition) is 2. The summed E-state index contributed by atoms with van der Waals surface area (Å²) in [5, 5.41) is 17.7. The first-order valence-electron chi connectivity index (χ1n) is 5.23. The molecule has 0 amide bonds. The number of aliphatic hydroxyl groups excluding tert-OH is 2. The SMILES string of the molecule is CC(CO)(CO)[N-]S(=O)(=O)c1c(F)c(F)c(F)c(F)c1F. The van der Waals surface area contributed by atoms with Gasteiger partial charge >= 0.3 is 0 Å². The summed E-state index contributed by atoms with van der Waals surface area (Å²) in [5.74, 6) is -12.6. The van der Waals surface area contributed by atoms with Gasteiger partial charge in [0.05, 0.1) is 0 Å². The lowest BCUT2D eigenvalue weighted by molar-refractivity contribution is 0.156. The van der Waals surface area contributed by atoms with Gasteiger partial charge in [0.2, 0.25) is 5.82 Å². The third-order valence-corrected chi connectivity index (χ3v) is 4.00. The molecule has 1 aromatic carbocycles. The van der Waals surface area contributed by atoms with Crippen LogP contribution in [0, 0.1) is 29.1 Å². The van der Waals surface area contributed by atoms with E-state index in [0.717, 1.165) is 6.92 Å². The summed E-state index contributed by atoms with van der Waals surface area (Å²) in [6.07, 6.45) is 0. The van der Waals surface area contributed by atoms with Crippen LogP contribution in [0.5, 0.6) is 0 Å². The van der Waals surface area contributed by atoms with E-state index in [4.69, 9.17) is 10.2 Å². The maximum absolute atomic E-state index is 13.4. The van der Waals surface area contributed by atoms with E-state index in [1.807, 2.05) is 0 Å². The molecule has 0 spiro atoms. The molecule has 0 bridgehead atoms. The van der Waals surface area contributed by atoms with Crippen molar-refractivity contribution < 1.29 is 40.6 Å². The topological polar surface area (TPSA) is 88.7 Å². The molecule has 21 heavy (non-hydrogen) atoms. The second kappa shape index (κ2) is 5.83. The van der Waals surface area contributed by atoms with Crippen molar-refractivity contribution in [2.24, 2.45) is 0 Å². The van der Waals surface area contributed by atoms with Crippen LogP contribution in [0.3, 0.4) is 0 Å². The van der Waals surface area contributed by atoms with Crippen LogP contribution in [-0.4, -0.2) is 37.4 Å².